The third-order valence-electron chi connectivity index (χ3n) is 3.29. The molecule has 21 heavy (non-hydrogen) atoms. The standard InChI is InChI=1S/C15H15N3O3/c1-20-13-6-10-11(7-14(13)21-2)18-15(17-10)8-3-4-12(19)9(16)5-8/h3-7,19H,16H2,1-2H3,(H,17,18). The van der Waals surface area contributed by atoms with Crippen LogP contribution in [-0.4, -0.2) is 29.3 Å². The van der Waals surface area contributed by atoms with Gasteiger partial charge in [0.1, 0.15) is 11.6 Å². The van der Waals surface area contributed by atoms with Crippen LogP contribution in [0.3, 0.4) is 0 Å². The average Bonchev–Trinajstić information content (AvgIpc) is 2.91. The summed E-state index contributed by atoms with van der Waals surface area (Å²) in [6, 6.07) is 8.59. The lowest BCUT2D eigenvalue weighted by atomic mass is 10.2. The van der Waals surface area contributed by atoms with Crippen LogP contribution in [-0.2, 0) is 0 Å². The monoisotopic (exact) mass is 285 g/mol. The summed E-state index contributed by atoms with van der Waals surface area (Å²) in [6.07, 6.45) is 0. The van der Waals surface area contributed by atoms with Crippen molar-refractivity contribution in [2.75, 3.05) is 20.0 Å². The number of aromatic hydroxyl groups is 1. The molecule has 0 saturated heterocycles. The molecular formula is C15H15N3O3. The predicted molar refractivity (Wildman–Crippen MR) is 80.7 cm³/mol. The Hall–Kier alpha value is -2.89. The molecular weight excluding hydrogens is 270 g/mol. The molecule has 3 aromatic rings. The Bertz CT molecular complexity index is 770. The molecule has 0 aliphatic heterocycles. The fraction of sp³-hybridized carbons (Fsp3) is 0.133. The van der Waals surface area contributed by atoms with Gasteiger partial charge in [-0.2, -0.15) is 0 Å². The van der Waals surface area contributed by atoms with Crippen molar-refractivity contribution >= 4 is 16.7 Å². The average molecular weight is 285 g/mol. The number of fused-ring (bicyclic) bond motifs is 1. The molecule has 1 heterocycles. The Labute approximate surface area is 121 Å². The molecule has 0 spiro atoms. The van der Waals surface area contributed by atoms with Gasteiger partial charge >= 0.3 is 0 Å². The number of hydrogen-bond acceptors (Lipinski definition) is 5. The number of phenolic OH excluding ortho intramolecular Hbond substituents is 1. The van der Waals surface area contributed by atoms with Crippen molar-refractivity contribution in [3.8, 4) is 28.6 Å². The van der Waals surface area contributed by atoms with Crippen LogP contribution in [0.25, 0.3) is 22.4 Å². The molecule has 6 nitrogen and oxygen atoms in total. The molecule has 0 saturated carbocycles. The van der Waals surface area contributed by atoms with Crippen LogP contribution in [0.15, 0.2) is 30.3 Å². The molecule has 6 heteroatoms. The SMILES string of the molecule is COc1cc2nc(-c3ccc(O)c(N)c3)[nH]c2cc1OC. The minimum Gasteiger partial charge on any atom is -0.506 e. The Morgan fingerprint density at radius 3 is 2.48 bits per heavy atom. The number of hydrogen-bond donors (Lipinski definition) is 3. The van der Waals surface area contributed by atoms with Gasteiger partial charge in [0.05, 0.1) is 30.9 Å². The number of anilines is 1. The number of ether oxygens (including phenoxy) is 2. The van der Waals surface area contributed by atoms with Crippen LogP contribution in [0.2, 0.25) is 0 Å². The van der Waals surface area contributed by atoms with E-state index in [-0.39, 0.29) is 5.75 Å². The first-order chi connectivity index (χ1) is 10.1. The molecule has 0 fully saturated rings. The Balaban J connectivity index is 2.14. The summed E-state index contributed by atoms with van der Waals surface area (Å²) >= 11 is 0. The summed E-state index contributed by atoms with van der Waals surface area (Å²) in [5.41, 5.74) is 8.40. The highest BCUT2D eigenvalue weighted by Crippen LogP contribution is 2.33. The van der Waals surface area contributed by atoms with E-state index >= 15 is 0 Å². The van der Waals surface area contributed by atoms with Gasteiger partial charge in [0.25, 0.3) is 0 Å². The van der Waals surface area contributed by atoms with E-state index in [9.17, 15) is 5.11 Å². The fourth-order valence-electron chi connectivity index (χ4n) is 2.18. The van der Waals surface area contributed by atoms with Crippen LogP contribution in [0.4, 0.5) is 5.69 Å². The van der Waals surface area contributed by atoms with E-state index in [4.69, 9.17) is 15.2 Å². The number of aromatic amines is 1. The maximum atomic E-state index is 9.48. The largest absolute Gasteiger partial charge is 0.506 e. The Morgan fingerprint density at radius 2 is 1.81 bits per heavy atom. The lowest BCUT2D eigenvalue weighted by Crippen LogP contribution is -1.89. The molecule has 108 valence electrons. The molecule has 1 aromatic heterocycles. The van der Waals surface area contributed by atoms with Gasteiger partial charge in [0, 0.05) is 17.7 Å². The normalized spacial score (nSPS) is 10.8. The van der Waals surface area contributed by atoms with Crippen molar-refractivity contribution in [2.24, 2.45) is 0 Å². The quantitative estimate of drug-likeness (QED) is 0.508. The van der Waals surface area contributed by atoms with Gasteiger partial charge < -0.3 is 25.3 Å². The smallest absolute Gasteiger partial charge is 0.163 e. The molecule has 0 unspecified atom stereocenters. The number of imidazole rings is 1. The van der Waals surface area contributed by atoms with Crippen molar-refractivity contribution in [3.63, 3.8) is 0 Å². The van der Waals surface area contributed by atoms with E-state index in [1.54, 1.807) is 38.5 Å². The first-order valence-electron chi connectivity index (χ1n) is 6.33. The first-order valence-corrected chi connectivity index (χ1v) is 6.33. The van der Waals surface area contributed by atoms with Crippen molar-refractivity contribution in [1.29, 1.82) is 0 Å². The third kappa shape index (κ3) is 2.20. The Kier molecular flexibility index (Phi) is 3.06. The molecule has 0 aliphatic rings. The zero-order valence-electron chi connectivity index (χ0n) is 11.7. The second kappa shape index (κ2) is 4.90. The van der Waals surface area contributed by atoms with E-state index in [1.807, 2.05) is 6.07 Å². The molecule has 0 bridgehead atoms. The van der Waals surface area contributed by atoms with Crippen LogP contribution >= 0.6 is 0 Å². The van der Waals surface area contributed by atoms with Gasteiger partial charge in [-0.25, -0.2) is 4.98 Å². The van der Waals surface area contributed by atoms with Crippen LogP contribution in [0.1, 0.15) is 0 Å². The number of nitrogens with one attached hydrogen (secondary N) is 1. The Morgan fingerprint density at radius 1 is 1.10 bits per heavy atom. The lowest BCUT2D eigenvalue weighted by molar-refractivity contribution is 0.356. The van der Waals surface area contributed by atoms with Gasteiger partial charge in [-0.1, -0.05) is 0 Å². The van der Waals surface area contributed by atoms with Gasteiger partial charge in [0.15, 0.2) is 11.5 Å². The van der Waals surface area contributed by atoms with E-state index in [1.165, 1.54) is 0 Å². The van der Waals surface area contributed by atoms with Gasteiger partial charge in [0.2, 0.25) is 0 Å². The topological polar surface area (TPSA) is 93.4 Å². The number of phenols is 1. The molecule has 2 aromatic carbocycles. The second-order valence-corrected chi connectivity index (χ2v) is 4.58. The lowest BCUT2D eigenvalue weighted by Gasteiger charge is -2.06. The van der Waals surface area contributed by atoms with Gasteiger partial charge in [-0.3, -0.25) is 0 Å². The second-order valence-electron chi connectivity index (χ2n) is 4.58. The van der Waals surface area contributed by atoms with E-state index in [2.05, 4.69) is 9.97 Å². The zero-order chi connectivity index (χ0) is 15.0. The number of nitrogens with zero attached hydrogens (tertiary/aromatic N) is 1. The van der Waals surface area contributed by atoms with Gasteiger partial charge in [-0.05, 0) is 18.2 Å². The summed E-state index contributed by atoms with van der Waals surface area (Å²) < 4.78 is 10.5. The van der Waals surface area contributed by atoms with Crippen molar-refractivity contribution in [3.05, 3.63) is 30.3 Å². The summed E-state index contributed by atoms with van der Waals surface area (Å²) in [5, 5.41) is 9.48. The summed E-state index contributed by atoms with van der Waals surface area (Å²) in [4.78, 5) is 7.71. The van der Waals surface area contributed by atoms with Gasteiger partial charge in [-0.15, -0.1) is 0 Å². The first kappa shape index (κ1) is 13.1. The van der Waals surface area contributed by atoms with Crippen LogP contribution < -0.4 is 15.2 Å². The molecule has 0 radical (unpaired) electrons. The molecule has 0 atom stereocenters. The highest BCUT2D eigenvalue weighted by molar-refractivity contribution is 5.83. The molecule has 3 rings (SSSR count). The number of H-pyrrole nitrogens is 1. The number of nitrogens with two attached hydrogens (primary N) is 1. The molecule has 0 aliphatic carbocycles. The predicted octanol–water partition coefficient (Wildman–Crippen LogP) is 2.53. The highest BCUT2D eigenvalue weighted by atomic mass is 16.5. The van der Waals surface area contributed by atoms with Crippen molar-refractivity contribution < 1.29 is 14.6 Å². The van der Waals surface area contributed by atoms with E-state index in [0.29, 0.717) is 23.0 Å². The zero-order valence-corrected chi connectivity index (χ0v) is 11.7. The third-order valence-corrected chi connectivity index (χ3v) is 3.29. The minimum atomic E-state index is 0.0539. The number of aromatic nitrogens is 2. The van der Waals surface area contributed by atoms with Crippen LogP contribution in [0, 0.1) is 0 Å². The van der Waals surface area contributed by atoms with Crippen molar-refractivity contribution in [2.45, 2.75) is 0 Å². The maximum Gasteiger partial charge on any atom is 0.163 e. The number of nitrogen functional groups attached to an aromatic ring is 1. The maximum absolute atomic E-state index is 9.48. The van der Waals surface area contributed by atoms with E-state index in [0.717, 1.165) is 16.6 Å². The number of benzene rings is 2. The van der Waals surface area contributed by atoms with E-state index < -0.39 is 0 Å². The molecule has 4 N–H and O–H groups in total. The summed E-state index contributed by atoms with van der Waals surface area (Å²) in [5.74, 6) is 1.96. The fourth-order valence-corrected chi connectivity index (χ4v) is 2.18. The number of methoxy groups -OCH3 is 2. The van der Waals surface area contributed by atoms with Crippen molar-refractivity contribution in [1.82, 2.24) is 9.97 Å². The number of rotatable bonds is 3. The summed E-state index contributed by atoms with van der Waals surface area (Å²) in [7, 11) is 3.17. The highest BCUT2D eigenvalue weighted by Gasteiger charge is 2.11. The molecule has 0 amide bonds. The minimum absolute atomic E-state index is 0.0539. The summed E-state index contributed by atoms with van der Waals surface area (Å²) in [6.45, 7) is 0. The van der Waals surface area contributed by atoms with Crippen LogP contribution in [0.5, 0.6) is 17.2 Å².